The number of benzene rings is 2. The fourth-order valence-electron chi connectivity index (χ4n) is 2.82. The van der Waals surface area contributed by atoms with Gasteiger partial charge in [-0.1, -0.05) is 33.6 Å². The van der Waals surface area contributed by atoms with E-state index in [4.69, 9.17) is 11.6 Å². The summed E-state index contributed by atoms with van der Waals surface area (Å²) in [6.07, 6.45) is 1.13. The standard InChI is InChI=1S/C17H16BrClN2O3S/c18-12-6-8-15(9-7-12)25(23,24)21-10-2-5-16(21)17(22)20-14-4-1-3-13(19)11-14/h1,3-4,6-9,11,16H,2,5,10H2,(H,20,22)/t16-/m1/s1. The molecule has 1 N–H and O–H groups in total. The molecule has 1 atom stereocenters. The molecule has 1 aliphatic rings. The number of halogens is 2. The number of anilines is 1. The molecule has 0 spiro atoms. The van der Waals surface area contributed by atoms with Gasteiger partial charge in [0.15, 0.2) is 0 Å². The molecule has 0 unspecified atom stereocenters. The number of hydrogen-bond donors (Lipinski definition) is 1. The largest absolute Gasteiger partial charge is 0.325 e. The van der Waals surface area contributed by atoms with E-state index >= 15 is 0 Å². The number of sulfonamides is 1. The second kappa shape index (κ2) is 7.45. The first-order chi connectivity index (χ1) is 11.9. The summed E-state index contributed by atoms with van der Waals surface area (Å²) in [6.45, 7) is 0.325. The number of nitrogens with zero attached hydrogens (tertiary/aromatic N) is 1. The Kier molecular flexibility index (Phi) is 5.48. The first-order valence-electron chi connectivity index (χ1n) is 7.72. The van der Waals surface area contributed by atoms with Crippen LogP contribution in [0.15, 0.2) is 57.9 Å². The van der Waals surface area contributed by atoms with Crippen LogP contribution in [0.5, 0.6) is 0 Å². The van der Waals surface area contributed by atoms with E-state index < -0.39 is 16.1 Å². The monoisotopic (exact) mass is 442 g/mol. The van der Waals surface area contributed by atoms with Crippen molar-refractivity contribution in [3.05, 3.63) is 58.0 Å². The lowest BCUT2D eigenvalue weighted by Crippen LogP contribution is -2.43. The van der Waals surface area contributed by atoms with Gasteiger partial charge < -0.3 is 5.32 Å². The topological polar surface area (TPSA) is 66.5 Å². The van der Waals surface area contributed by atoms with Crippen molar-refractivity contribution in [1.82, 2.24) is 4.31 Å². The SMILES string of the molecule is O=C(Nc1cccc(Cl)c1)[C@H]1CCCN1S(=O)(=O)c1ccc(Br)cc1. The highest BCUT2D eigenvalue weighted by Crippen LogP contribution is 2.28. The molecule has 2 aromatic rings. The lowest BCUT2D eigenvalue weighted by atomic mass is 10.2. The predicted octanol–water partition coefficient (Wildman–Crippen LogP) is 3.89. The molecule has 25 heavy (non-hydrogen) atoms. The number of nitrogens with one attached hydrogen (secondary N) is 1. The predicted molar refractivity (Wildman–Crippen MR) is 101 cm³/mol. The van der Waals surface area contributed by atoms with E-state index in [0.29, 0.717) is 30.1 Å². The highest BCUT2D eigenvalue weighted by atomic mass is 79.9. The van der Waals surface area contributed by atoms with Crippen molar-refractivity contribution in [2.75, 3.05) is 11.9 Å². The Morgan fingerprint density at radius 2 is 1.92 bits per heavy atom. The van der Waals surface area contributed by atoms with Gasteiger partial charge in [-0.15, -0.1) is 0 Å². The van der Waals surface area contributed by atoms with Crippen molar-refractivity contribution < 1.29 is 13.2 Å². The maximum absolute atomic E-state index is 12.9. The first kappa shape index (κ1) is 18.4. The van der Waals surface area contributed by atoms with Gasteiger partial charge in [0.2, 0.25) is 15.9 Å². The minimum absolute atomic E-state index is 0.179. The molecule has 5 nitrogen and oxygen atoms in total. The summed E-state index contributed by atoms with van der Waals surface area (Å²) in [5.74, 6) is -0.347. The number of hydrogen-bond acceptors (Lipinski definition) is 3. The van der Waals surface area contributed by atoms with E-state index in [9.17, 15) is 13.2 Å². The second-order valence-corrected chi connectivity index (χ2v) is 8.97. The lowest BCUT2D eigenvalue weighted by Gasteiger charge is -2.23. The minimum atomic E-state index is -3.72. The van der Waals surface area contributed by atoms with Gasteiger partial charge in [-0.2, -0.15) is 4.31 Å². The molecule has 0 saturated carbocycles. The van der Waals surface area contributed by atoms with Gasteiger partial charge in [0.25, 0.3) is 0 Å². The van der Waals surface area contributed by atoms with Crippen LogP contribution < -0.4 is 5.32 Å². The molecule has 0 radical (unpaired) electrons. The zero-order valence-electron chi connectivity index (χ0n) is 13.2. The Hall–Kier alpha value is -1.41. The highest BCUT2D eigenvalue weighted by molar-refractivity contribution is 9.10. The molecule has 132 valence electrons. The van der Waals surface area contributed by atoms with Crippen LogP contribution in [-0.2, 0) is 14.8 Å². The molecule has 3 rings (SSSR count). The molecule has 1 heterocycles. The summed E-state index contributed by atoms with van der Waals surface area (Å²) in [7, 11) is -3.72. The highest BCUT2D eigenvalue weighted by Gasteiger charge is 2.39. The van der Waals surface area contributed by atoms with Gasteiger partial charge in [-0.05, 0) is 55.3 Å². The normalized spacial score (nSPS) is 18.2. The Labute approximate surface area is 160 Å². The molecular weight excluding hydrogens is 428 g/mol. The maximum atomic E-state index is 12.9. The van der Waals surface area contributed by atoms with E-state index in [0.717, 1.165) is 4.47 Å². The van der Waals surface area contributed by atoms with E-state index in [1.807, 2.05) is 0 Å². The van der Waals surface area contributed by atoms with E-state index in [1.165, 1.54) is 16.4 Å². The summed E-state index contributed by atoms with van der Waals surface area (Å²) in [6, 6.07) is 12.4. The molecule has 0 aliphatic carbocycles. The number of carbonyl (C=O) groups is 1. The fraction of sp³-hybridized carbons (Fsp3) is 0.235. The van der Waals surface area contributed by atoms with Gasteiger partial charge in [-0.3, -0.25) is 4.79 Å². The van der Waals surface area contributed by atoms with Crippen molar-refractivity contribution in [2.45, 2.75) is 23.8 Å². The average Bonchev–Trinajstić information content (AvgIpc) is 3.06. The first-order valence-corrected chi connectivity index (χ1v) is 10.3. The molecule has 1 amide bonds. The van der Waals surface area contributed by atoms with Gasteiger partial charge in [0, 0.05) is 21.7 Å². The molecule has 0 bridgehead atoms. The molecule has 1 fully saturated rings. The second-order valence-electron chi connectivity index (χ2n) is 5.73. The van der Waals surface area contributed by atoms with Crippen LogP contribution in [0.4, 0.5) is 5.69 Å². The average molecular weight is 444 g/mol. The van der Waals surface area contributed by atoms with Crippen molar-refractivity contribution in [1.29, 1.82) is 0 Å². The fourth-order valence-corrected chi connectivity index (χ4v) is 4.93. The molecular formula is C17H16BrClN2O3S. The van der Waals surface area contributed by atoms with Crippen molar-refractivity contribution >= 4 is 49.1 Å². The van der Waals surface area contributed by atoms with Gasteiger partial charge in [0.1, 0.15) is 6.04 Å². The van der Waals surface area contributed by atoms with E-state index in [1.54, 1.807) is 36.4 Å². The third-order valence-corrected chi connectivity index (χ3v) is 6.70. The smallest absolute Gasteiger partial charge is 0.243 e. The van der Waals surface area contributed by atoms with Crippen LogP contribution in [0.25, 0.3) is 0 Å². The van der Waals surface area contributed by atoms with Crippen molar-refractivity contribution in [3.8, 4) is 0 Å². The lowest BCUT2D eigenvalue weighted by molar-refractivity contribution is -0.119. The summed E-state index contributed by atoms with van der Waals surface area (Å²) < 4.78 is 27.8. The summed E-state index contributed by atoms with van der Waals surface area (Å²) in [4.78, 5) is 12.8. The van der Waals surface area contributed by atoms with Crippen molar-refractivity contribution in [3.63, 3.8) is 0 Å². The van der Waals surface area contributed by atoms with Gasteiger partial charge in [-0.25, -0.2) is 8.42 Å². The Balaban J connectivity index is 1.82. The van der Waals surface area contributed by atoms with Crippen molar-refractivity contribution in [2.24, 2.45) is 0 Å². The van der Waals surface area contributed by atoms with E-state index in [-0.39, 0.29) is 10.8 Å². The summed E-state index contributed by atoms with van der Waals surface area (Å²) in [5.41, 5.74) is 0.547. The summed E-state index contributed by atoms with van der Waals surface area (Å²) in [5, 5.41) is 3.25. The van der Waals surface area contributed by atoms with Crippen LogP contribution in [0, 0.1) is 0 Å². The third kappa shape index (κ3) is 4.06. The number of carbonyl (C=O) groups excluding carboxylic acids is 1. The Morgan fingerprint density at radius 3 is 2.60 bits per heavy atom. The zero-order chi connectivity index (χ0) is 18.0. The van der Waals surface area contributed by atoms with Crippen LogP contribution in [-0.4, -0.2) is 31.2 Å². The van der Waals surface area contributed by atoms with Gasteiger partial charge in [0.05, 0.1) is 4.90 Å². The molecule has 0 aromatic heterocycles. The zero-order valence-corrected chi connectivity index (χ0v) is 16.3. The summed E-state index contributed by atoms with van der Waals surface area (Å²) >= 11 is 9.21. The van der Waals surface area contributed by atoms with Crippen LogP contribution in [0.2, 0.25) is 5.02 Å². The molecule has 1 saturated heterocycles. The van der Waals surface area contributed by atoms with Crippen LogP contribution >= 0.6 is 27.5 Å². The Morgan fingerprint density at radius 1 is 1.20 bits per heavy atom. The van der Waals surface area contributed by atoms with Gasteiger partial charge >= 0.3 is 0 Å². The molecule has 8 heteroatoms. The Bertz CT molecular complexity index is 887. The third-order valence-electron chi connectivity index (χ3n) is 4.02. The van der Waals surface area contributed by atoms with E-state index in [2.05, 4.69) is 21.2 Å². The molecule has 2 aromatic carbocycles. The van der Waals surface area contributed by atoms with Crippen LogP contribution in [0.1, 0.15) is 12.8 Å². The molecule has 1 aliphatic heterocycles. The quantitative estimate of drug-likeness (QED) is 0.779. The number of rotatable bonds is 4. The minimum Gasteiger partial charge on any atom is -0.325 e. The van der Waals surface area contributed by atoms with Crippen LogP contribution in [0.3, 0.4) is 0 Å². The maximum Gasteiger partial charge on any atom is 0.243 e. The number of amides is 1.